The second kappa shape index (κ2) is 3.67. The van der Waals surface area contributed by atoms with Crippen LogP contribution >= 0.6 is 11.3 Å². The van der Waals surface area contributed by atoms with Crippen LogP contribution in [0.3, 0.4) is 0 Å². The smallest absolute Gasteiger partial charge is 0.123 e. The van der Waals surface area contributed by atoms with Gasteiger partial charge in [-0.2, -0.15) is 0 Å². The monoisotopic (exact) mass is 209 g/mol. The summed E-state index contributed by atoms with van der Waals surface area (Å²) in [5.74, 6) is -0.188. The lowest BCUT2D eigenvalue weighted by molar-refractivity contribution is 0.630. The average Bonchev–Trinajstić information content (AvgIpc) is 2.59. The van der Waals surface area contributed by atoms with Gasteiger partial charge in [-0.1, -0.05) is 6.92 Å². The minimum Gasteiger partial charge on any atom is -0.323 e. The zero-order valence-corrected chi connectivity index (χ0v) is 8.77. The van der Waals surface area contributed by atoms with E-state index < -0.39 is 0 Å². The van der Waals surface area contributed by atoms with E-state index in [1.807, 2.05) is 6.07 Å². The van der Waals surface area contributed by atoms with Gasteiger partial charge in [0.05, 0.1) is 0 Å². The summed E-state index contributed by atoms with van der Waals surface area (Å²) in [5, 5.41) is 0.953. The van der Waals surface area contributed by atoms with Crippen molar-refractivity contribution in [1.29, 1.82) is 0 Å². The summed E-state index contributed by atoms with van der Waals surface area (Å²) >= 11 is 1.65. The topological polar surface area (TPSA) is 26.0 Å². The number of thiophene rings is 1. The van der Waals surface area contributed by atoms with Gasteiger partial charge < -0.3 is 5.73 Å². The predicted molar refractivity (Wildman–Crippen MR) is 59.0 cm³/mol. The van der Waals surface area contributed by atoms with Gasteiger partial charge in [-0.15, -0.1) is 11.3 Å². The minimum absolute atomic E-state index is 0.0791. The average molecular weight is 209 g/mol. The molecule has 0 aliphatic heterocycles. The predicted octanol–water partition coefficient (Wildman–Crippen LogP) is 3.45. The van der Waals surface area contributed by atoms with Gasteiger partial charge in [-0.05, 0) is 36.1 Å². The number of hydrogen-bond acceptors (Lipinski definition) is 2. The Balaban J connectivity index is 2.51. The maximum Gasteiger partial charge on any atom is 0.123 e. The van der Waals surface area contributed by atoms with Crippen molar-refractivity contribution in [2.24, 2.45) is 5.73 Å². The lowest BCUT2D eigenvalue weighted by Gasteiger charge is -2.02. The molecule has 3 heteroatoms. The molecule has 1 aromatic carbocycles. The Bertz CT molecular complexity index is 449. The van der Waals surface area contributed by atoms with Gasteiger partial charge in [0, 0.05) is 15.6 Å². The third kappa shape index (κ3) is 1.65. The quantitative estimate of drug-likeness (QED) is 0.805. The van der Waals surface area contributed by atoms with Crippen molar-refractivity contribution in [2.75, 3.05) is 0 Å². The van der Waals surface area contributed by atoms with Crippen molar-refractivity contribution in [2.45, 2.75) is 19.4 Å². The van der Waals surface area contributed by atoms with Crippen LogP contribution in [0.25, 0.3) is 10.1 Å². The van der Waals surface area contributed by atoms with Crippen LogP contribution in [0.15, 0.2) is 24.3 Å². The molecule has 0 aliphatic carbocycles. The summed E-state index contributed by atoms with van der Waals surface area (Å²) in [6, 6.07) is 6.91. The van der Waals surface area contributed by atoms with Crippen molar-refractivity contribution in [1.82, 2.24) is 0 Å². The van der Waals surface area contributed by atoms with Crippen molar-refractivity contribution in [3.63, 3.8) is 0 Å². The summed E-state index contributed by atoms with van der Waals surface area (Å²) in [6.07, 6.45) is 0.912. The molecule has 14 heavy (non-hydrogen) atoms. The molecule has 0 radical (unpaired) electrons. The molecule has 1 aromatic heterocycles. The Kier molecular flexibility index (Phi) is 2.52. The molecule has 1 nitrogen and oxygen atoms in total. The number of halogens is 1. The Labute approximate surface area is 86.4 Å². The summed E-state index contributed by atoms with van der Waals surface area (Å²) in [7, 11) is 0. The highest BCUT2D eigenvalue weighted by Crippen LogP contribution is 2.30. The Morgan fingerprint density at radius 2 is 2.21 bits per heavy atom. The van der Waals surface area contributed by atoms with Crippen molar-refractivity contribution in [3.8, 4) is 0 Å². The number of nitrogens with two attached hydrogens (primary N) is 1. The zero-order chi connectivity index (χ0) is 10.1. The molecule has 0 saturated heterocycles. The lowest BCUT2D eigenvalue weighted by atomic mass is 10.2. The fraction of sp³-hybridized carbons (Fsp3) is 0.273. The number of rotatable bonds is 2. The summed E-state index contributed by atoms with van der Waals surface area (Å²) in [5.41, 5.74) is 5.91. The molecule has 0 bridgehead atoms. The zero-order valence-electron chi connectivity index (χ0n) is 7.96. The normalized spacial score (nSPS) is 13.4. The summed E-state index contributed by atoms with van der Waals surface area (Å²) in [6.45, 7) is 2.05. The van der Waals surface area contributed by atoms with Gasteiger partial charge in [0.1, 0.15) is 5.82 Å². The molecule has 2 rings (SSSR count). The van der Waals surface area contributed by atoms with E-state index in [-0.39, 0.29) is 11.9 Å². The van der Waals surface area contributed by atoms with Crippen LogP contribution in [0.1, 0.15) is 24.3 Å². The highest BCUT2D eigenvalue weighted by molar-refractivity contribution is 7.19. The highest BCUT2D eigenvalue weighted by atomic mass is 32.1. The van der Waals surface area contributed by atoms with Crippen LogP contribution in [0.4, 0.5) is 4.39 Å². The highest BCUT2D eigenvalue weighted by Gasteiger charge is 2.08. The molecule has 74 valence electrons. The molecule has 0 unspecified atom stereocenters. The van der Waals surface area contributed by atoms with Gasteiger partial charge in [-0.25, -0.2) is 4.39 Å². The molecule has 2 N–H and O–H groups in total. The standard InChI is InChI=1S/C11H12FNS/c1-2-9(13)11-6-7-5-8(12)3-4-10(7)14-11/h3-6,9H,2,13H2,1H3/t9-/m1/s1. The molecule has 1 heterocycles. The van der Waals surface area contributed by atoms with Crippen LogP contribution in [-0.4, -0.2) is 0 Å². The SMILES string of the molecule is CC[C@@H](N)c1cc2cc(F)ccc2s1. The lowest BCUT2D eigenvalue weighted by Crippen LogP contribution is -2.05. The van der Waals surface area contributed by atoms with Gasteiger partial charge in [0.25, 0.3) is 0 Å². The molecule has 1 atom stereocenters. The second-order valence-electron chi connectivity index (χ2n) is 3.35. The minimum atomic E-state index is -0.188. The molecule has 0 aliphatic rings. The summed E-state index contributed by atoms with van der Waals surface area (Å²) < 4.78 is 14.0. The summed E-state index contributed by atoms with van der Waals surface area (Å²) in [4.78, 5) is 1.13. The molecule has 0 saturated carbocycles. The van der Waals surface area contributed by atoms with Gasteiger partial charge in [0.2, 0.25) is 0 Å². The fourth-order valence-electron chi connectivity index (χ4n) is 1.42. The van der Waals surface area contributed by atoms with Crippen LogP contribution in [0, 0.1) is 5.82 Å². The first-order chi connectivity index (χ1) is 6.70. The molecule has 0 spiro atoms. The van der Waals surface area contributed by atoms with Crippen LogP contribution < -0.4 is 5.73 Å². The first kappa shape index (κ1) is 9.62. The molecule has 0 amide bonds. The van der Waals surface area contributed by atoms with E-state index in [4.69, 9.17) is 5.73 Å². The molecule has 2 aromatic rings. The molecular weight excluding hydrogens is 197 g/mol. The van der Waals surface area contributed by atoms with E-state index in [2.05, 4.69) is 6.92 Å². The Morgan fingerprint density at radius 3 is 2.93 bits per heavy atom. The van der Waals surface area contributed by atoms with Gasteiger partial charge >= 0.3 is 0 Å². The first-order valence-corrected chi connectivity index (χ1v) is 5.47. The first-order valence-electron chi connectivity index (χ1n) is 4.65. The molecular formula is C11H12FNS. The Morgan fingerprint density at radius 1 is 1.43 bits per heavy atom. The molecule has 0 fully saturated rings. The fourth-order valence-corrected chi connectivity index (χ4v) is 2.55. The van der Waals surface area contributed by atoms with E-state index in [0.717, 1.165) is 21.4 Å². The van der Waals surface area contributed by atoms with Crippen molar-refractivity contribution in [3.05, 3.63) is 35.0 Å². The van der Waals surface area contributed by atoms with E-state index in [9.17, 15) is 4.39 Å². The van der Waals surface area contributed by atoms with Crippen molar-refractivity contribution < 1.29 is 4.39 Å². The van der Waals surface area contributed by atoms with E-state index in [1.165, 1.54) is 6.07 Å². The van der Waals surface area contributed by atoms with Gasteiger partial charge in [0.15, 0.2) is 0 Å². The second-order valence-corrected chi connectivity index (χ2v) is 4.46. The van der Waals surface area contributed by atoms with Crippen LogP contribution in [0.2, 0.25) is 0 Å². The van der Waals surface area contributed by atoms with Crippen LogP contribution in [0.5, 0.6) is 0 Å². The van der Waals surface area contributed by atoms with Gasteiger partial charge in [-0.3, -0.25) is 0 Å². The largest absolute Gasteiger partial charge is 0.323 e. The maximum absolute atomic E-state index is 12.9. The maximum atomic E-state index is 12.9. The van der Waals surface area contributed by atoms with Crippen LogP contribution in [-0.2, 0) is 0 Å². The number of benzene rings is 1. The Hall–Kier alpha value is -0.930. The number of fused-ring (bicyclic) bond motifs is 1. The number of hydrogen-bond donors (Lipinski definition) is 1. The third-order valence-electron chi connectivity index (χ3n) is 2.30. The third-order valence-corrected chi connectivity index (χ3v) is 3.55. The van der Waals surface area contributed by atoms with Crippen molar-refractivity contribution >= 4 is 21.4 Å². The van der Waals surface area contributed by atoms with E-state index in [1.54, 1.807) is 23.5 Å². The van der Waals surface area contributed by atoms with E-state index >= 15 is 0 Å². The van der Waals surface area contributed by atoms with E-state index in [0.29, 0.717) is 0 Å².